The summed E-state index contributed by atoms with van der Waals surface area (Å²) in [4.78, 5) is 0. The van der Waals surface area contributed by atoms with Crippen molar-refractivity contribution >= 4 is 0 Å². The van der Waals surface area contributed by atoms with Gasteiger partial charge in [-0.3, -0.25) is 0 Å². The molecule has 0 amide bonds. The summed E-state index contributed by atoms with van der Waals surface area (Å²) in [6.07, 6.45) is 0. The first-order chi connectivity index (χ1) is 9.06. The molecule has 0 fully saturated rings. The van der Waals surface area contributed by atoms with E-state index >= 15 is 0 Å². The van der Waals surface area contributed by atoms with Gasteiger partial charge in [-0.25, -0.2) is 0 Å². The summed E-state index contributed by atoms with van der Waals surface area (Å²) in [6.45, 7) is 9.60. The maximum Gasteiger partial charge on any atom is 0.0295 e. The molecule has 0 saturated heterocycles. The van der Waals surface area contributed by atoms with Crippen molar-refractivity contribution in [3.63, 3.8) is 0 Å². The summed E-state index contributed by atoms with van der Waals surface area (Å²) in [5.74, 6) is 0. The van der Waals surface area contributed by atoms with Crippen molar-refractivity contribution in [1.82, 2.24) is 5.32 Å². The molecule has 0 saturated carbocycles. The molecular weight excluding hydrogens is 230 g/mol. The molecule has 19 heavy (non-hydrogen) atoms. The number of rotatable bonds is 4. The van der Waals surface area contributed by atoms with Crippen LogP contribution in [0.5, 0.6) is 0 Å². The first-order valence-corrected chi connectivity index (χ1v) is 6.92. The molecule has 1 atom stereocenters. The summed E-state index contributed by atoms with van der Waals surface area (Å²) in [5, 5.41) is 3.59. The summed E-state index contributed by atoms with van der Waals surface area (Å²) < 4.78 is 0. The molecule has 0 bridgehead atoms. The van der Waals surface area contributed by atoms with Gasteiger partial charge in [-0.2, -0.15) is 0 Å². The zero-order valence-corrected chi connectivity index (χ0v) is 12.3. The second-order valence-corrected chi connectivity index (χ2v) is 5.44. The SMILES string of the molecule is Cc1cccc(CNC(C)c2ccc(C)c(C)c2)c1. The van der Waals surface area contributed by atoms with Gasteiger partial charge in [0.05, 0.1) is 0 Å². The molecule has 0 aromatic heterocycles. The Morgan fingerprint density at radius 1 is 0.947 bits per heavy atom. The van der Waals surface area contributed by atoms with Gasteiger partial charge in [0.15, 0.2) is 0 Å². The van der Waals surface area contributed by atoms with E-state index in [0.717, 1.165) is 6.54 Å². The van der Waals surface area contributed by atoms with Crippen LogP contribution in [0.1, 0.15) is 40.8 Å². The highest BCUT2D eigenvalue weighted by molar-refractivity contribution is 5.31. The molecular formula is C18H23N. The lowest BCUT2D eigenvalue weighted by molar-refractivity contribution is 0.574. The van der Waals surface area contributed by atoms with Crippen LogP contribution in [0.15, 0.2) is 42.5 Å². The van der Waals surface area contributed by atoms with Gasteiger partial charge in [-0.1, -0.05) is 48.0 Å². The highest BCUT2D eigenvalue weighted by atomic mass is 14.9. The van der Waals surface area contributed by atoms with Crippen LogP contribution in [0.2, 0.25) is 0 Å². The molecule has 1 nitrogen and oxygen atoms in total. The Morgan fingerprint density at radius 2 is 1.74 bits per heavy atom. The van der Waals surface area contributed by atoms with Crippen molar-refractivity contribution in [2.45, 2.75) is 40.3 Å². The van der Waals surface area contributed by atoms with E-state index in [1.807, 2.05) is 0 Å². The third kappa shape index (κ3) is 3.68. The average molecular weight is 253 g/mol. The lowest BCUT2D eigenvalue weighted by Crippen LogP contribution is -2.18. The summed E-state index contributed by atoms with van der Waals surface area (Å²) in [6, 6.07) is 15.7. The third-order valence-corrected chi connectivity index (χ3v) is 3.73. The number of benzene rings is 2. The highest BCUT2D eigenvalue weighted by Crippen LogP contribution is 2.17. The molecule has 2 aromatic carbocycles. The van der Waals surface area contributed by atoms with E-state index in [-0.39, 0.29) is 0 Å². The lowest BCUT2D eigenvalue weighted by atomic mass is 10.0. The maximum atomic E-state index is 3.59. The van der Waals surface area contributed by atoms with Crippen LogP contribution in [0.3, 0.4) is 0 Å². The fourth-order valence-corrected chi connectivity index (χ4v) is 2.24. The van der Waals surface area contributed by atoms with Gasteiger partial charge in [0, 0.05) is 12.6 Å². The molecule has 0 spiro atoms. The molecule has 100 valence electrons. The van der Waals surface area contributed by atoms with Gasteiger partial charge >= 0.3 is 0 Å². The second kappa shape index (κ2) is 6.03. The molecule has 0 radical (unpaired) electrons. The Hall–Kier alpha value is -1.60. The van der Waals surface area contributed by atoms with Crippen molar-refractivity contribution in [2.75, 3.05) is 0 Å². The quantitative estimate of drug-likeness (QED) is 0.848. The van der Waals surface area contributed by atoms with Crippen LogP contribution in [-0.4, -0.2) is 0 Å². The molecule has 1 unspecified atom stereocenters. The second-order valence-electron chi connectivity index (χ2n) is 5.44. The molecule has 1 heteroatoms. The van der Waals surface area contributed by atoms with Crippen LogP contribution in [0, 0.1) is 20.8 Å². The zero-order valence-electron chi connectivity index (χ0n) is 12.3. The number of aryl methyl sites for hydroxylation is 3. The van der Waals surface area contributed by atoms with E-state index in [1.165, 1.54) is 27.8 Å². The van der Waals surface area contributed by atoms with Crippen LogP contribution in [-0.2, 0) is 6.54 Å². The van der Waals surface area contributed by atoms with Gasteiger partial charge in [-0.05, 0) is 49.9 Å². The topological polar surface area (TPSA) is 12.0 Å². The maximum absolute atomic E-state index is 3.59. The van der Waals surface area contributed by atoms with E-state index in [2.05, 4.69) is 75.5 Å². The van der Waals surface area contributed by atoms with Crippen molar-refractivity contribution in [3.8, 4) is 0 Å². The van der Waals surface area contributed by atoms with Crippen molar-refractivity contribution < 1.29 is 0 Å². The van der Waals surface area contributed by atoms with Gasteiger partial charge in [0.1, 0.15) is 0 Å². The van der Waals surface area contributed by atoms with Crippen LogP contribution in [0.4, 0.5) is 0 Å². The molecule has 0 aliphatic rings. The number of hydrogen-bond acceptors (Lipinski definition) is 1. The van der Waals surface area contributed by atoms with Crippen LogP contribution in [0.25, 0.3) is 0 Å². The van der Waals surface area contributed by atoms with Gasteiger partial charge in [0.25, 0.3) is 0 Å². The molecule has 2 aromatic rings. The van der Waals surface area contributed by atoms with Crippen molar-refractivity contribution in [3.05, 3.63) is 70.3 Å². The van der Waals surface area contributed by atoms with Gasteiger partial charge < -0.3 is 5.32 Å². The van der Waals surface area contributed by atoms with E-state index in [0.29, 0.717) is 6.04 Å². The molecule has 0 aliphatic heterocycles. The number of nitrogens with one attached hydrogen (secondary N) is 1. The average Bonchev–Trinajstić information content (AvgIpc) is 2.39. The Morgan fingerprint density at radius 3 is 2.42 bits per heavy atom. The Labute approximate surface area is 116 Å². The van der Waals surface area contributed by atoms with E-state index in [9.17, 15) is 0 Å². The first-order valence-electron chi connectivity index (χ1n) is 6.92. The van der Waals surface area contributed by atoms with Crippen molar-refractivity contribution in [1.29, 1.82) is 0 Å². The lowest BCUT2D eigenvalue weighted by Gasteiger charge is -2.16. The predicted octanol–water partition coefficient (Wildman–Crippen LogP) is 4.46. The third-order valence-electron chi connectivity index (χ3n) is 3.73. The smallest absolute Gasteiger partial charge is 0.0295 e. The minimum Gasteiger partial charge on any atom is -0.306 e. The predicted molar refractivity (Wildman–Crippen MR) is 82.3 cm³/mol. The van der Waals surface area contributed by atoms with E-state index in [1.54, 1.807) is 0 Å². The van der Waals surface area contributed by atoms with Crippen LogP contribution < -0.4 is 5.32 Å². The Bertz CT molecular complexity index is 557. The van der Waals surface area contributed by atoms with Crippen molar-refractivity contribution in [2.24, 2.45) is 0 Å². The molecule has 2 rings (SSSR count). The Balaban J connectivity index is 2.01. The normalized spacial score (nSPS) is 12.4. The highest BCUT2D eigenvalue weighted by Gasteiger charge is 2.06. The number of hydrogen-bond donors (Lipinski definition) is 1. The van der Waals surface area contributed by atoms with Gasteiger partial charge in [0.2, 0.25) is 0 Å². The molecule has 1 N–H and O–H groups in total. The summed E-state index contributed by atoms with van der Waals surface area (Å²) >= 11 is 0. The monoisotopic (exact) mass is 253 g/mol. The Kier molecular flexibility index (Phi) is 4.39. The molecule has 0 heterocycles. The van der Waals surface area contributed by atoms with Gasteiger partial charge in [-0.15, -0.1) is 0 Å². The van der Waals surface area contributed by atoms with E-state index in [4.69, 9.17) is 0 Å². The molecule has 0 aliphatic carbocycles. The fraction of sp³-hybridized carbons (Fsp3) is 0.333. The summed E-state index contributed by atoms with van der Waals surface area (Å²) in [7, 11) is 0. The minimum atomic E-state index is 0.375. The fourth-order valence-electron chi connectivity index (χ4n) is 2.24. The minimum absolute atomic E-state index is 0.375. The first kappa shape index (κ1) is 13.8. The summed E-state index contributed by atoms with van der Waals surface area (Å²) in [5.41, 5.74) is 6.74. The zero-order chi connectivity index (χ0) is 13.8. The van der Waals surface area contributed by atoms with E-state index < -0.39 is 0 Å². The van der Waals surface area contributed by atoms with Crippen LogP contribution >= 0.6 is 0 Å². The standard InChI is InChI=1S/C18H23N/c1-13-6-5-7-17(10-13)12-19-16(4)18-9-8-14(2)15(3)11-18/h5-11,16,19H,12H2,1-4H3. The largest absolute Gasteiger partial charge is 0.306 e.